The average molecular weight is 338 g/mol. The summed E-state index contributed by atoms with van der Waals surface area (Å²) in [5.74, 6) is -3.23. The Morgan fingerprint density at radius 2 is 1.28 bits per heavy atom. The Morgan fingerprint density at radius 3 is 1.76 bits per heavy atom. The third-order valence-corrected chi connectivity index (χ3v) is 4.75. The van der Waals surface area contributed by atoms with Crippen molar-refractivity contribution in [3.05, 3.63) is 71.8 Å². The highest BCUT2D eigenvalue weighted by atomic mass is 16.5. The van der Waals surface area contributed by atoms with E-state index in [4.69, 9.17) is 9.47 Å². The number of methoxy groups -OCH3 is 2. The molecule has 1 aliphatic carbocycles. The molecule has 5 nitrogen and oxygen atoms in total. The topological polar surface area (TPSA) is 69.7 Å². The van der Waals surface area contributed by atoms with E-state index >= 15 is 0 Å². The van der Waals surface area contributed by atoms with Gasteiger partial charge in [0.25, 0.3) is 0 Å². The van der Waals surface area contributed by atoms with E-state index in [2.05, 4.69) is 0 Å². The molecular weight excluding hydrogens is 320 g/mol. The number of carbonyl (C=O) groups is 3. The van der Waals surface area contributed by atoms with Crippen LogP contribution in [0.5, 0.6) is 0 Å². The molecule has 1 saturated carbocycles. The fourth-order valence-electron chi connectivity index (χ4n) is 3.57. The first-order valence-corrected chi connectivity index (χ1v) is 7.90. The minimum atomic E-state index is -1.64. The van der Waals surface area contributed by atoms with E-state index in [0.717, 1.165) is 5.56 Å². The van der Waals surface area contributed by atoms with Gasteiger partial charge in [0.15, 0.2) is 11.2 Å². The van der Waals surface area contributed by atoms with Crippen LogP contribution in [0.4, 0.5) is 0 Å². The van der Waals surface area contributed by atoms with E-state index in [-0.39, 0.29) is 5.78 Å². The molecule has 2 atom stereocenters. The number of carbonyl (C=O) groups excluding carboxylic acids is 3. The monoisotopic (exact) mass is 338 g/mol. The lowest BCUT2D eigenvalue weighted by atomic mass is 9.97. The maximum atomic E-state index is 13.0. The van der Waals surface area contributed by atoms with Gasteiger partial charge in [0.1, 0.15) is 0 Å². The van der Waals surface area contributed by atoms with E-state index in [0.29, 0.717) is 5.56 Å². The lowest BCUT2D eigenvalue weighted by Crippen LogP contribution is -2.33. The molecule has 1 aliphatic rings. The molecule has 0 aromatic heterocycles. The van der Waals surface area contributed by atoms with Crippen LogP contribution in [0.1, 0.15) is 21.8 Å². The zero-order valence-electron chi connectivity index (χ0n) is 14.0. The van der Waals surface area contributed by atoms with Gasteiger partial charge in [0, 0.05) is 11.5 Å². The molecule has 0 heterocycles. The van der Waals surface area contributed by atoms with Crippen molar-refractivity contribution in [2.75, 3.05) is 14.2 Å². The molecule has 2 aromatic carbocycles. The molecule has 0 aliphatic heterocycles. The van der Waals surface area contributed by atoms with Crippen LogP contribution in [0.3, 0.4) is 0 Å². The molecule has 3 rings (SSSR count). The summed E-state index contributed by atoms with van der Waals surface area (Å²) in [6.07, 6.45) is 0. The Kier molecular flexibility index (Phi) is 4.40. The van der Waals surface area contributed by atoms with Gasteiger partial charge in [-0.05, 0) is 5.56 Å². The summed E-state index contributed by atoms with van der Waals surface area (Å²) in [6.45, 7) is 0. The third kappa shape index (κ3) is 2.52. The Balaban J connectivity index is 2.11. The molecule has 0 bridgehead atoms. The normalized spacial score (nSPS) is 20.4. The number of hydrogen-bond donors (Lipinski definition) is 0. The smallest absolute Gasteiger partial charge is 0.324 e. The van der Waals surface area contributed by atoms with Crippen molar-refractivity contribution < 1.29 is 23.9 Å². The number of Topliss-reactive ketones (excluding diaryl/α,β-unsaturated/α-hetero) is 1. The predicted octanol–water partition coefficient (Wildman–Crippen LogP) is 2.62. The van der Waals surface area contributed by atoms with Crippen molar-refractivity contribution in [1.82, 2.24) is 0 Å². The van der Waals surface area contributed by atoms with Crippen LogP contribution in [0, 0.1) is 11.3 Å². The lowest BCUT2D eigenvalue weighted by Gasteiger charge is -2.13. The molecule has 0 unspecified atom stereocenters. The standard InChI is InChI=1S/C20H18O5/c1-24-18(22)20(19(23)25-2)15(13-9-5-3-6-10-13)16(20)17(21)14-11-7-4-8-12-14/h3-12,15-16H,1-2H3/t15-,16+/m1/s1. The van der Waals surface area contributed by atoms with Gasteiger partial charge >= 0.3 is 11.9 Å². The summed E-state index contributed by atoms with van der Waals surface area (Å²) >= 11 is 0. The number of rotatable bonds is 5. The van der Waals surface area contributed by atoms with E-state index < -0.39 is 29.2 Å². The van der Waals surface area contributed by atoms with Gasteiger partial charge in [-0.15, -0.1) is 0 Å². The van der Waals surface area contributed by atoms with Crippen LogP contribution in [0.25, 0.3) is 0 Å². The fourth-order valence-corrected chi connectivity index (χ4v) is 3.57. The predicted molar refractivity (Wildman–Crippen MR) is 89.9 cm³/mol. The van der Waals surface area contributed by atoms with Crippen LogP contribution in [-0.4, -0.2) is 31.9 Å². The van der Waals surface area contributed by atoms with Gasteiger partial charge in [-0.1, -0.05) is 60.7 Å². The Bertz CT molecular complexity index is 781. The molecule has 0 spiro atoms. The van der Waals surface area contributed by atoms with Crippen LogP contribution in [0.15, 0.2) is 60.7 Å². The van der Waals surface area contributed by atoms with Crippen molar-refractivity contribution in [1.29, 1.82) is 0 Å². The highest BCUT2D eigenvalue weighted by Crippen LogP contribution is 2.67. The first-order chi connectivity index (χ1) is 12.1. The van der Waals surface area contributed by atoms with Gasteiger partial charge in [-0.2, -0.15) is 0 Å². The van der Waals surface area contributed by atoms with E-state index in [1.54, 1.807) is 54.6 Å². The summed E-state index contributed by atoms with van der Waals surface area (Å²) in [4.78, 5) is 38.1. The van der Waals surface area contributed by atoms with Crippen LogP contribution >= 0.6 is 0 Å². The second-order valence-electron chi connectivity index (χ2n) is 5.95. The summed E-state index contributed by atoms with van der Waals surface area (Å²) < 4.78 is 9.75. The molecule has 0 amide bonds. The highest BCUT2D eigenvalue weighted by Gasteiger charge is 2.79. The largest absolute Gasteiger partial charge is 0.468 e. The van der Waals surface area contributed by atoms with E-state index in [9.17, 15) is 14.4 Å². The molecule has 0 radical (unpaired) electrons. The molecule has 0 N–H and O–H groups in total. The molecule has 0 saturated heterocycles. The summed E-state index contributed by atoms with van der Waals surface area (Å²) in [5.41, 5.74) is -0.465. The molecule has 128 valence electrons. The Labute approximate surface area is 145 Å². The zero-order valence-corrected chi connectivity index (χ0v) is 14.0. The second-order valence-corrected chi connectivity index (χ2v) is 5.95. The van der Waals surface area contributed by atoms with Crippen LogP contribution < -0.4 is 0 Å². The number of ether oxygens (including phenoxy) is 2. The molecular formula is C20H18O5. The van der Waals surface area contributed by atoms with Gasteiger partial charge in [0.05, 0.1) is 20.1 Å². The van der Waals surface area contributed by atoms with Crippen molar-refractivity contribution in [3.63, 3.8) is 0 Å². The number of hydrogen-bond acceptors (Lipinski definition) is 5. The van der Waals surface area contributed by atoms with Gasteiger partial charge in [-0.25, -0.2) is 0 Å². The Morgan fingerprint density at radius 1 is 0.800 bits per heavy atom. The first kappa shape index (κ1) is 16.9. The van der Waals surface area contributed by atoms with Crippen molar-refractivity contribution in [2.24, 2.45) is 11.3 Å². The highest BCUT2D eigenvalue weighted by molar-refractivity contribution is 6.16. The van der Waals surface area contributed by atoms with Crippen LogP contribution in [0.2, 0.25) is 0 Å². The van der Waals surface area contributed by atoms with Crippen molar-refractivity contribution >= 4 is 17.7 Å². The summed E-state index contributed by atoms with van der Waals surface area (Å²) in [5, 5.41) is 0. The quantitative estimate of drug-likeness (QED) is 0.476. The number of benzene rings is 2. The molecule has 5 heteroatoms. The van der Waals surface area contributed by atoms with Gasteiger partial charge in [-0.3, -0.25) is 14.4 Å². The van der Waals surface area contributed by atoms with E-state index in [1.165, 1.54) is 14.2 Å². The molecule has 1 fully saturated rings. The Hall–Kier alpha value is -2.95. The lowest BCUT2D eigenvalue weighted by molar-refractivity contribution is -0.162. The summed E-state index contributed by atoms with van der Waals surface area (Å²) in [7, 11) is 2.41. The minimum absolute atomic E-state index is 0.273. The maximum absolute atomic E-state index is 13.0. The van der Waals surface area contributed by atoms with Crippen LogP contribution in [-0.2, 0) is 19.1 Å². The molecule has 25 heavy (non-hydrogen) atoms. The third-order valence-electron chi connectivity index (χ3n) is 4.75. The zero-order chi connectivity index (χ0) is 18.0. The minimum Gasteiger partial charge on any atom is -0.468 e. The van der Waals surface area contributed by atoms with Gasteiger partial charge < -0.3 is 9.47 Å². The maximum Gasteiger partial charge on any atom is 0.324 e. The first-order valence-electron chi connectivity index (χ1n) is 7.90. The number of ketones is 1. The van der Waals surface area contributed by atoms with Crippen molar-refractivity contribution in [2.45, 2.75) is 5.92 Å². The van der Waals surface area contributed by atoms with Gasteiger partial charge in [0.2, 0.25) is 0 Å². The average Bonchev–Trinajstić information content (AvgIpc) is 3.38. The van der Waals surface area contributed by atoms with E-state index in [1.807, 2.05) is 6.07 Å². The fraction of sp³-hybridized carbons (Fsp3) is 0.250. The summed E-state index contributed by atoms with van der Waals surface area (Å²) in [6, 6.07) is 17.6. The molecule has 2 aromatic rings. The second kappa shape index (κ2) is 6.51. The SMILES string of the molecule is COC(=O)C1(C(=O)OC)[C@H](C(=O)c2ccccc2)[C@H]1c1ccccc1. The van der Waals surface area contributed by atoms with Crippen molar-refractivity contribution in [3.8, 4) is 0 Å². The number of esters is 2.